The predicted molar refractivity (Wildman–Crippen MR) is 99.8 cm³/mol. The van der Waals surface area contributed by atoms with Gasteiger partial charge in [-0.1, -0.05) is 42.5 Å². The van der Waals surface area contributed by atoms with Gasteiger partial charge in [0.25, 0.3) is 0 Å². The number of para-hydroxylation sites is 1. The SMILES string of the molecule is O=C(Nc1cccc(-c2cccc3[nH]ccc23)c1)Oc1ccccc1. The molecule has 4 aromatic rings. The zero-order valence-corrected chi connectivity index (χ0v) is 13.4. The lowest BCUT2D eigenvalue weighted by atomic mass is 10.0. The number of anilines is 1. The van der Waals surface area contributed by atoms with Crippen molar-refractivity contribution in [1.29, 1.82) is 0 Å². The van der Waals surface area contributed by atoms with Crippen molar-refractivity contribution in [1.82, 2.24) is 4.98 Å². The van der Waals surface area contributed by atoms with Crippen LogP contribution in [-0.2, 0) is 0 Å². The number of aromatic nitrogens is 1. The normalized spacial score (nSPS) is 10.6. The molecule has 0 bridgehead atoms. The Morgan fingerprint density at radius 2 is 1.72 bits per heavy atom. The maximum atomic E-state index is 12.1. The highest BCUT2D eigenvalue weighted by atomic mass is 16.6. The molecular formula is C21H16N2O2. The van der Waals surface area contributed by atoms with Crippen molar-refractivity contribution in [2.45, 2.75) is 0 Å². The molecule has 0 saturated heterocycles. The molecule has 4 rings (SSSR count). The molecule has 1 aromatic heterocycles. The molecule has 0 aliphatic rings. The minimum absolute atomic E-state index is 0.508. The Morgan fingerprint density at radius 1 is 0.880 bits per heavy atom. The van der Waals surface area contributed by atoms with E-state index >= 15 is 0 Å². The first-order valence-corrected chi connectivity index (χ1v) is 8.00. The minimum Gasteiger partial charge on any atom is -0.410 e. The molecule has 0 saturated carbocycles. The van der Waals surface area contributed by atoms with Crippen LogP contribution in [0.25, 0.3) is 22.0 Å². The summed E-state index contributed by atoms with van der Waals surface area (Å²) in [7, 11) is 0. The lowest BCUT2D eigenvalue weighted by Crippen LogP contribution is -2.16. The molecule has 0 unspecified atom stereocenters. The molecule has 4 heteroatoms. The fourth-order valence-electron chi connectivity index (χ4n) is 2.84. The number of hydrogen-bond acceptors (Lipinski definition) is 2. The van der Waals surface area contributed by atoms with E-state index in [2.05, 4.69) is 22.4 Å². The first-order valence-electron chi connectivity index (χ1n) is 8.00. The number of H-pyrrole nitrogens is 1. The van der Waals surface area contributed by atoms with Gasteiger partial charge in [-0.25, -0.2) is 4.79 Å². The summed E-state index contributed by atoms with van der Waals surface area (Å²) in [6, 6.07) is 24.9. The Kier molecular flexibility index (Phi) is 3.92. The lowest BCUT2D eigenvalue weighted by molar-refractivity contribution is 0.215. The molecular weight excluding hydrogens is 312 g/mol. The van der Waals surface area contributed by atoms with Gasteiger partial charge >= 0.3 is 6.09 Å². The molecule has 4 nitrogen and oxygen atoms in total. The smallest absolute Gasteiger partial charge is 0.410 e. The molecule has 0 fully saturated rings. The van der Waals surface area contributed by atoms with E-state index in [0.717, 1.165) is 22.0 Å². The van der Waals surface area contributed by atoms with Crippen LogP contribution in [0.1, 0.15) is 0 Å². The van der Waals surface area contributed by atoms with Crippen LogP contribution in [0.5, 0.6) is 5.75 Å². The summed E-state index contributed by atoms with van der Waals surface area (Å²) in [5.41, 5.74) is 3.91. The van der Waals surface area contributed by atoms with E-state index in [0.29, 0.717) is 11.4 Å². The third kappa shape index (κ3) is 3.23. The largest absolute Gasteiger partial charge is 0.417 e. The Morgan fingerprint density at radius 3 is 2.60 bits per heavy atom. The van der Waals surface area contributed by atoms with Gasteiger partial charge in [0.15, 0.2) is 0 Å². The number of fused-ring (bicyclic) bond motifs is 1. The average Bonchev–Trinajstić information content (AvgIpc) is 3.11. The third-order valence-electron chi connectivity index (χ3n) is 3.97. The number of amides is 1. The second-order valence-electron chi connectivity index (χ2n) is 5.65. The molecule has 0 aliphatic heterocycles. The van der Waals surface area contributed by atoms with Gasteiger partial charge in [0.2, 0.25) is 0 Å². The highest BCUT2D eigenvalue weighted by molar-refractivity contribution is 5.96. The third-order valence-corrected chi connectivity index (χ3v) is 3.97. The van der Waals surface area contributed by atoms with Crippen LogP contribution in [0.4, 0.5) is 10.5 Å². The van der Waals surface area contributed by atoms with Crippen molar-refractivity contribution in [2.24, 2.45) is 0 Å². The Bertz CT molecular complexity index is 1020. The number of carbonyl (C=O) groups is 1. The van der Waals surface area contributed by atoms with E-state index < -0.39 is 6.09 Å². The standard InChI is InChI=1S/C21H16N2O2/c24-21(25-17-8-2-1-3-9-17)23-16-7-4-6-15(14-16)18-10-5-11-20-19(18)12-13-22-20/h1-14,22H,(H,23,24). The number of nitrogens with one attached hydrogen (secondary N) is 2. The van der Waals surface area contributed by atoms with Crippen LogP contribution in [0.2, 0.25) is 0 Å². The zero-order chi connectivity index (χ0) is 17.1. The Hall–Kier alpha value is -3.53. The molecule has 0 radical (unpaired) electrons. The molecule has 0 spiro atoms. The summed E-state index contributed by atoms with van der Waals surface area (Å²) in [6.07, 6.45) is 1.41. The van der Waals surface area contributed by atoms with Crippen LogP contribution in [0, 0.1) is 0 Å². The highest BCUT2D eigenvalue weighted by Crippen LogP contribution is 2.29. The summed E-state index contributed by atoms with van der Waals surface area (Å²) in [5.74, 6) is 0.508. The maximum Gasteiger partial charge on any atom is 0.417 e. The van der Waals surface area contributed by atoms with E-state index in [1.165, 1.54) is 0 Å². The molecule has 1 amide bonds. The van der Waals surface area contributed by atoms with E-state index in [1.54, 1.807) is 12.1 Å². The highest BCUT2D eigenvalue weighted by Gasteiger charge is 2.08. The topological polar surface area (TPSA) is 54.1 Å². The monoisotopic (exact) mass is 328 g/mol. The van der Waals surface area contributed by atoms with Gasteiger partial charge < -0.3 is 9.72 Å². The van der Waals surface area contributed by atoms with Crippen LogP contribution in [-0.4, -0.2) is 11.1 Å². The summed E-state index contributed by atoms with van der Waals surface area (Å²) in [5, 5.41) is 3.92. The number of hydrogen-bond donors (Lipinski definition) is 2. The Balaban J connectivity index is 1.57. The van der Waals surface area contributed by atoms with Gasteiger partial charge in [0.1, 0.15) is 5.75 Å². The number of carbonyl (C=O) groups excluding carboxylic acids is 1. The van der Waals surface area contributed by atoms with Gasteiger partial charge in [-0.05, 0) is 47.5 Å². The van der Waals surface area contributed by atoms with Gasteiger partial charge in [-0.2, -0.15) is 0 Å². The van der Waals surface area contributed by atoms with Gasteiger partial charge in [0, 0.05) is 22.8 Å². The van der Waals surface area contributed by atoms with Crippen molar-refractivity contribution in [3.8, 4) is 16.9 Å². The van der Waals surface area contributed by atoms with Crippen molar-refractivity contribution >= 4 is 22.7 Å². The van der Waals surface area contributed by atoms with Crippen molar-refractivity contribution < 1.29 is 9.53 Å². The van der Waals surface area contributed by atoms with E-state index in [-0.39, 0.29) is 0 Å². The quantitative estimate of drug-likeness (QED) is 0.526. The maximum absolute atomic E-state index is 12.1. The minimum atomic E-state index is -0.511. The fourth-order valence-corrected chi connectivity index (χ4v) is 2.84. The molecule has 0 atom stereocenters. The van der Waals surface area contributed by atoms with Gasteiger partial charge in [-0.3, -0.25) is 5.32 Å². The zero-order valence-electron chi connectivity index (χ0n) is 13.4. The molecule has 122 valence electrons. The van der Waals surface area contributed by atoms with E-state index in [9.17, 15) is 4.79 Å². The van der Waals surface area contributed by atoms with E-state index in [4.69, 9.17) is 4.74 Å². The fraction of sp³-hybridized carbons (Fsp3) is 0. The van der Waals surface area contributed by atoms with E-state index in [1.807, 2.05) is 60.8 Å². The molecule has 0 aliphatic carbocycles. The van der Waals surface area contributed by atoms with Crippen molar-refractivity contribution in [2.75, 3.05) is 5.32 Å². The van der Waals surface area contributed by atoms with Crippen LogP contribution < -0.4 is 10.1 Å². The van der Waals surface area contributed by atoms with Crippen LogP contribution in [0.3, 0.4) is 0 Å². The van der Waals surface area contributed by atoms with Crippen LogP contribution in [0.15, 0.2) is 85.1 Å². The summed E-state index contributed by atoms with van der Waals surface area (Å²) >= 11 is 0. The number of rotatable bonds is 3. The molecule has 2 N–H and O–H groups in total. The number of benzene rings is 3. The first-order chi connectivity index (χ1) is 12.3. The first kappa shape index (κ1) is 15.0. The second kappa shape index (κ2) is 6.53. The number of aromatic amines is 1. The van der Waals surface area contributed by atoms with Gasteiger partial charge in [-0.15, -0.1) is 0 Å². The average molecular weight is 328 g/mol. The molecule has 1 heterocycles. The Labute approximate surface area is 145 Å². The van der Waals surface area contributed by atoms with Crippen molar-refractivity contribution in [3.05, 3.63) is 85.1 Å². The second-order valence-corrected chi connectivity index (χ2v) is 5.65. The summed E-state index contributed by atoms with van der Waals surface area (Å²) in [6.45, 7) is 0. The molecule has 3 aromatic carbocycles. The summed E-state index contributed by atoms with van der Waals surface area (Å²) < 4.78 is 5.27. The predicted octanol–water partition coefficient (Wildman–Crippen LogP) is 5.45. The summed E-state index contributed by atoms with van der Waals surface area (Å²) in [4.78, 5) is 15.3. The van der Waals surface area contributed by atoms with Gasteiger partial charge in [0.05, 0.1) is 0 Å². The van der Waals surface area contributed by atoms with Crippen molar-refractivity contribution in [3.63, 3.8) is 0 Å². The number of ether oxygens (including phenoxy) is 1. The van der Waals surface area contributed by atoms with Crippen LogP contribution >= 0.6 is 0 Å². The lowest BCUT2D eigenvalue weighted by Gasteiger charge is -2.09. The molecule has 25 heavy (non-hydrogen) atoms.